The second-order valence-electron chi connectivity index (χ2n) is 1.41. The van der Waals surface area contributed by atoms with Gasteiger partial charge in [0.15, 0.2) is 0 Å². The molecule has 0 atom stereocenters. The average molecular weight is 269 g/mol. The third-order valence-corrected chi connectivity index (χ3v) is 1.90. The Bertz CT molecular complexity index is 145. The molecule has 66 valence electrons. The van der Waals surface area contributed by atoms with Crippen molar-refractivity contribution >= 4 is 26.1 Å². The Morgan fingerprint density at radius 3 is 1.27 bits per heavy atom. The first-order valence-electron chi connectivity index (χ1n) is 2.20. The predicted octanol–water partition coefficient (Wildman–Crippen LogP) is -3.09. The minimum atomic E-state index is 0. The monoisotopic (exact) mass is 270 g/mol. The van der Waals surface area contributed by atoms with E-state index in [0.29, 0.717) is 0 Å². The first-order chi connectivity index (χ1) is 3.39. The average Bonchev–Trinajstić information content (AvgIpc) is 1.69. The van der Waals surface area contributed by atoms with Gasteiger partial charge in [-0.15, -0.1) is 0 Å². The maximum atomic E-state index is 2.14. The van der Waals surface area contributed by atoms with Crippen molar-refractivity contribution in [3.63, 3.8) is 0 Å². The van der Waals surface area contributed by atoms with Crippen LogP contribution in [0.3, 0.4) is 0 Å². The molecule has 0 saturated carbocycles. The van der Waals surface area contributed by atoms with Gasteiger partial charge in [0.2, 0.25) is 0 Å². The third-order valence-electron chi connectivity index (χ3n) is 0.800. The van der Waals surface area contributed by atoms with Crippen molar-refractivity contribution in [2.24, 2.45) is 0 Å². The summed E-state index contributed by atoms with van der Waals surface area (Å²) >= 11 is 1.23. The zero-order valence-corrected chi connectivity index (χ0v) is 9.26. The van der Waals surface area contributed by atoms with Crippen LogP contribution in [0.15, 0.2) is 30.3 Å². The second-order valence-corrected chi connectivity index (χ2v) is 3.31. The number of benzene rings is 1. The molecule has 0 unspecified atom stereocenters. The van der Waals surface area contributed by atoms with Crippen LogP contribution >= 0.6 is 0 Å². The summed E-state index contributed by atoms with van der Waals surface area (Å²) in [6.07, 6.45) is 0. The summed E-state index contributed by atoms with van der Waals surface area (Å²) in [7, 11) is 0. The zero-order valence-electron chi connectivity index (χ0n) is 5.96. The molecule has 0 aromatic heterocycles. The standard InChI is InChI=1S/C6H5.4H2O.Sn.H/c1-2-4-6-5-3-1;;;;;;/h1-5H;4*1H2;;. The molecular formula is C6H14O4Sn. The zero-order chi connectivity index (χ0) is 5.11. The molecule has 5 heteroatoms. The van der Waals surface area contributed by atoms with Gasteiger partial charge in [-0.05, 0) is 0 Å². The van der Waals surface area contributed by atoms with E-state index in [1.807, 2.05) is 6.07 Å². The van der Waals surface area contributed by atoms with Crippen molar-refractivity contribution in [2.45, 2.75) is 0 Å². The van der Waals surface area contributed by atoms with Crippen molar-refractivity contribution < 1.29 is 21.9 Å². The van der Waals surface area contributed by atoms with Crippen LogP contribution in [0.2, 0.25) is 0 Å². The van der Waals surface area contributed by atoms with E-state index in [2.05, 4.69) is 24.3 Å². The van der Waals surface area contributed by atoms with Crippen LogP contribution in [-0.4, -0.2) is 44.4 Å². The van der Waals surface area contributed by atoms with Gasteiger partial charge in [-0.1, -0.05) is 0 Å². The van der Waals surface area contributed by atoms with Crippen LogP contribution in [0.4, 0.5) is 0 Å². The molecule has 0 aliphatic heterocycles. The van der Waals surface area contributed by atoms with Crippen molar-refractivity contribution in [1.82, 2.24) is 0 Å². The third kappa shape index (κ3) is 9.86. The topological polar surface area (TPSA) is 126 Å². The Kier molecular flexibility index (Phi) is 25.6. The van der Waals surface area contributed by atoms with Gasteiger partial charge in [-0.3, -0.25) is 0 Å². The molecule has 2 radical (unpaired) electrons. The van der Waals surface area contributed by atoms with E-state index in [1.165, 1.54) is 26.1 Å². The van der Waals surface area contributed by atoms with Crippen LogP contribution in [0.1, 0.15) is 0 Å². The fourth-order valence-electron chi connectivity index (χ4n) is 0.453. The molecule has 0 saturated heterocycles. The SMILES string of the molecule is O.O.O.O.[SnH][c]1ccccc1. The van der Waals surface area contributed by atoms with Gasteiger partial charge >= 0.3 is 56.4 Å². The van der Waals surface area contributed by atoms with Gasteiger partial charge < -0.3 is 21.9 Å². The molecular weight excluding hydrogens is 255 g/mol. The summed E-state index contributed by atoms with van der Waals surface area (Å²) in [5, 5.41) is 0. The van der Waals surface area contributed by atoms with Crippen LogP contribution in [0, 0.1) is 0 Å². The maximum absolute atomic E-state index is 2.14. The molecule has 0 aliphatic rings. The molecule has 0 aliphatic carbocycles. The molecule has 4 nitrogen and oxygen atoms in total. The summed E-state index contributed by atoms with van der Waals surface area (Å²) in [5.41, 5.74) is 0. The van der Waals surface area contributed by atoms with E-state index in [1.54, 1.807) is 0 Å². The van der Waals surface area contributed by atoms with Gasteiger partial charge in [0.25, 0.3) is 0 Å². The quantitative estimate of drug-likeness (QED) is 0.442. The predicted molar refractivity (Wildman–Crippen MR) is 47.7 cm³/mol. The van der Waals surface area contributed by atoms with E-state index in [0.717, 1.165) is 0 Å². The number of hydrogen-bond acceptors (Lipinski definition) is 0. The van der Waals surface area contributed by atoms with E-state index < -0.39 is 0 Å². The molecule has 0 heterocycles. The molecule has 0 spiro atoms. The van der Waals surface area contributed by atoms with Gasteiger partial charge in [0.05, 0.1) is 0 Å². The Morgan fingerprint density at radius 1 is 0.727 bits per heavy atom. The van der Waals surface area contributed by atoms with Gasteiger partial charge in [0, 0.05) is 0 Å². The van der Waals surface area contributed by atoms with Crippen molar-refractivity contribution in [1.29, 1.82) is 0 Å². The van der Waals surface area contributed by atoms with Gasteiger partial charge in [-0.25, -0.2) is 0 Å². The summed E-state index contributed by atoms with van der Waals surface area (Å²) in [6.45, 7) is 0. The van der Waals surface area contributed by atoms with Gasteiger partial charge in [0.1, 0.15) is 0 Å². The summed E-state index contributed by atoms with van der Waals surface area (Å²) < 4.78 is 1.45. The first-order valence-corrected chi connectivity index (χ1v) is 3.85. The minimum absolute atomic E-state index is 0. The van der Waals surface area contributed by atoms with Crippen LogP contribution in [-0.2, 0) is 0 Å². The fourth-order valence-corrected chi connectivity index (χ4v) is 1.09. The number of rotatable bonds is 0. The van der Waals surface area contributed by atoms with Crippen molar-refractivity contribution in [3.8, 4) is 0 Å². The van der Waals surface area contributed by atoms with E-state index in [-0.39, 0.29) is 21.9 Å². The van der Waals surface area contributed by atoms with Crippen LogP contribution in [0.5, 0.6) is 0 Å². The molecule has 1 aromatic carbocycles. The summed E-state index contributed by atoms with van der Waals surface area (Å²) in [5.74, 6) is 0. The van der Waals surface area contributed by atoms with Crippen LogP contribution < -0.4 is 3.58 Å². The molecule has 1 aromatic rings. The van der Waals surface area contributed by atoms with Crippen molar-refractivity contribution in [3.05, 3.63) is 30.3 Å². The van der Waals surface area contributed by atoms with E-state index in [4.69, 9.17) is 0 Å². The molecule has 8 N–H and O–H groups in total. The van der Waals surface area contributed by atoms with E-state index in [9.17, 15) is 0 Å². The second kappa shape index (κ2) is 12.5. The molecule has 0 amide bonds. The Hall–Kier alpha value is -0.141. The molecule has 11 heavy (non-hydrogen) atoms. The Balaban J connectivity index is -0.0000000612. The first kappa shape index (κ1) is 22.4. The normalized spacial score (nSPS) is 5.55. The fraction of sp³-hybridized carbons (Fsp3) is 0. The molecule has 0 fully saturated rings. The van der Waals surface area contributed by atoms with Gasteiger partial charge in [-0.2, -0.15) is 0 Å². The summed E-state index contributed by atoms with van der Waals surface area (Å²) in [6, 6.07) is 10.5. The number of hydrogen-bond donors (Lipinski definition) is 0. The molecule has 1 rings (SSSR count). The summed E-state index contributed by atoms with van der Waals surface area (Å²) in [4.78, 5) is 0. The van der Waals surface area contributed by atoms with Crippen molar-refractivity contribution in [2.75, 3.05) is 0 Å². The molecule has 0 bridgehead atoms. The van der Waals surface area contributed by atoms with Crippen LogP contribution in [0.25, 0.3) is 0 Å². The Labute approximate surface area is 78.6 Å². The Morgan fingerprint density at radius 2 is 1.09 bits per heavy atom. The van der Waals surface area contributed by atoms with E-state index >= 15 is 0 Å².